The normalized spacial score (nSPS) is 19.8. The van der Waals surface area contributed by atoms with Crippen LogP contribution in [0.15, 0.2) is 24.3 Å². The lowest BCUT2D eigenvalue weighted by molar-refractivity contribution is -0.135. The molecule has 1 aromatic rings. The molecule has 2 amide bonds. The quantitative estimate of drug-likeness (QED) is 0.865. The average molecular weight is 372 g/mol. The summed E-state index contributed by atoms with van der Waals surface area (Å²) in [6.07, 6.45) is 7.31. The van der Waals surface area contributed by atoms with Gasteiger partial charge in [-0.3, -0.25) is 9.59 Å². The fourth-order valence-corrected chi connectivity index (χ4v) is 4.41. The Balaban J connectivity index is 1.53. The van der Waals surface area contributed by atoms with E-state index in [0.717, 1.165) is 24.8 Å². The molecule has 1 aliphatic heterocycles. The Labute approximate surface area is 162 Å². The monoisotopic (exact) mass is 371 g/mol. The van der Waals surface area contributed by atoms with Crippen molar-refractivity contribution in [2.75, 3.05) is 32.7 Å². The fraction of sp³-hybridized carbons (Fsp3) is 0.636. The zero-order valence-electron chi connectivity index (χ0n) is 16.6. The van der Waals surface area contributed by atoms with Crippen LogP contribution in [0.3, 0.4) is 0 Å². The van der Waals surface area contributed by atoms with E-state index in [1.165, 1.54) is 24.8 Å². The molecule has 5 heteroatoms. The molecule has 0 radical (unpaired) electrons. The van der Waals surface area contributed by atoms with Gasteiger partial charge in [-0.2, -0.15) is 0 Å². The molecular formula is C22H33N3O2. The summed E-state index contributed by atoms with van der Waals surface area (Å²) >= 11 is 0. The van der Waals surface area contributed by atoms with Crippen molar-refractivity contribution in [3.63, 3.8) is 0 Å². The molecule has 1 aromatic carbocycles. The van der Waals surface area contributed by atoms with E-state index in [0.29, 0.717) is 39.1 Å². The maximum absolute atomic E-state index is 12.8. The van der Waals surface area contributed by atoms with E-state index in [1.54, 1.807) is 0 Å². The molecule has 3 rings (SSSR count). The predicted octanol–water partition coefficient (Wildman–Crippen LogP) is 2.83. The van der Waals surface area contributed by atoms with Crippen LogP contribution in [0, 0.1) is 5.41 Å². The molecule has 27 heavy (non-hydrogen) atoms. The van der Waals surface area contributed by atoms with Gasteiger partial charge in [0.1, 0.15) is 0 Å². The summed E-state index contributed by atoms with van der Waals surface area (Å²) in [4.78, 5) is 29.3. The zero-order chi connectivity index (χ0) is 19.3. The summed E-state index contributed by atoms with van der Waals surface area (Å²) in [6.45, 7) is 5.17. The Morgan fingerprint density at radius 2 is 1.56 bits per heavy atom. The van der Waals surface area contributed by atoms with E-state index in [4.69, 9.17) is 5.73 Å². The Bertz CT molecular complexity index is 642. The molecule has 5 nitrogen and oxygen atoms in total. The highest BCUT2D eigenvalue weighted by Crippen LogP contribution is 2.38. The minimum Gasteiger partial charge on any atom is -0.339 e. The lowest BCUT2D eigenvalue weighted by atomic mass is 9.71. The van der Waals surface area contributed by atoms with Gasteiger partial charge in [0.05, 0.1) is 0 Å². The molecule has 2 N–H and O–H groups in total. The summed E-state index contributed by atoms with van der Waals surface area (Å²) < 4.78 is 0. The van der Waals surface area contributed by atoms with E-state index >= 15 is 0 Å². The third-order valence-corrected chi connectivity index (χ3v) is 6.40. The summed E-state index contributed by atoms with van der Waals surface area (Å²) in [5.41, 5.74) is 8.01. The van der Waals surface area contributed by atoms with Gasteiger partial charge in [0.15, 0.2) is 0 Å². The second-order valence-electron chi connectivity index (χ2n) is 8.17. The van der Waals surface area contributed by atoms with Gasteiger partial charge in [-0.05, 0) is 48.9 Å². The van der Waals surface area contributed by atoms with Crippen molar-refractivity contribution in [2.45, 2.75) is 51.9 Å². The first-order valence-electron chi connectivity index (χ1n) is 10.4. The van der Waals surface area contributed by atoms with Crippen LogP contribution >= 0.6 is 0 Å². The van der Waals surface area contributed by atoms with E-state index < -0.39 is 0 Å². The predicted molar refractivity (Wildman–Crippen MR) is 107 cm³/mol. The van der Waals surface area contributed by atoms with Crippen molar-refractivity contribution in [2.24, 2.45) is 11.1 Å². The number of amides is 2. The molecule has 1 aliphatic carbocycles. The van der Waals surface area contributed by atoms with Gasteiger partial charge in [-0.1, -0.05) is 38.3 Å². The Kier molecular flexibility index (Phi) is 6.53. The maximum atomic E-state index is 12.8. The fourth-order valence-electron chi connectivity index (χ4n) is 4.41. The summed E-state index contributed by atoms with van der Waals surface area (Å²) in [6, 6.07) is 7.85. The van der Waals surface area contributed by atoms with Crippen LogP contribution < -0.4 is 5.73 Å². The molecule has 1 saturated carbocycles. The largest absolute Gasteiger partial charge is 0.339 e. The van der Waals surface area contributed by atoms with Crippen LogP contribution in [0.2, 0.25) is 0 Å². The number of aryl methyl sites for hydroxylation is 1. The SMILES string of the molecule is CCc1ccc(C(=O)N2CCN(C(=O)CC3(CN)CCCCC3)CC2)cc1. The zero-order valence-corrected chi connectivity index (χ0v) is 16.6. The molecule has 0 aromatic heterocycles. The first-order chi connectivity index (χ1) is 13.1. The van der Waals surface area contributed by atoms with Crippen molar-refractivity contribution >= 4 is 11.8 Å². The number of hydrogen-bond donors (Lipinski definition) is 1. The van der Waals surface area contributed by atoms with E-state index in [1.807, 2.05) is 34.1 Å². The van der Waals surface area contributed by atoms with Crippen LogP contribution in [-0.2, 0) is 11.2 Å². The van der Waals surface area contributed by atoms with E-state index in [2.05, 4.69) is 6.92 Å². The third-order valence-electron chi connectivity index (χ3n) is 6.40. The van der Waals surface area contributed by atoms with Gasteiger partial charge in [0, 0.05) is 38.2 Å². The van der Waals surface area contributed by atoms with Crippen molar-refractivity contribution in [3.05, 3.63) is 35.4 Å². The second kappa shape index (κ2) is 8.87. The summed E-state index contributed by atoms with van der Waals surface area (Å²) in [7, 11) is 0. The Morgan fingerprint density at radius 1 is 0.963 bits per heavy atom. The molecule has 1 saturated heterocycles. The lowest BCUT2D eigenvalue weighted by Gasteiger charge is -2.39. The van der Waals surface area contributed by atoms with Gasteiger partial charge in [0.25, 0.3) is 5.91 Å². The first-order valence-corrected chi connectivity index (χ1v) is 10.4. The minimum atomic E-state index is 0.00328. The summed E-state index contributed by atoms with van der Waals surface area (Å²) in [5.74, 6) is 0.275. The highest BCUT2D eigenvalue weighted by atomic mass is 16.2. The van der Waals surface area contributed by atoms with Gasteiger partial charge in [0.2, 0.25) is 5.91 Å². The maximum Gasteiger partial charge on any atom is 0.253 e. The second-order valence-corrected chi connectivity index (χ2v) is 8.17. The highest BCUT2D eigenvalue weighted by molar-refractivity contribution is 5.94. The Morgan fingerprint density at radius 3 is 2.11 bits per heavy atom. The van der Waals surface area contributed by atoms with Crippen LogP contribution in [0.25, 0.3) is 0 Å². The van der Waals surface area contributed by atoms with Crippen molar-refractivity contribution < 1.29 is 9.59 Å². The standard InChI is InChI=1S/C22H33N3O2/c1-2-18-6-8-19(9-7-18)21(27)25-14-12-24(13-15-25)20(26)16-22(17-23)10-4-3-5-11-22/h6-9H,2-5,10-17,23H2,1H3. The minimum absolute atomic E-state index is 0.00328. The summed E-state index contributed by atoms with van der Waals surface area (Å²) in [5, 5.41) is 0. The van der Waals surface area contributed by atoms with Gasteiger partial charge >= 0.3 is 0 Å². The van der Waals surface area contributed by atoms with E-state index in [-0.39, 0.29) is 17.2 Å². The van der Waals surface area contributed by atoms with Gasteiger partial charge in [-0.15, -0.1) is 0 Å². The van der Waals surface area contributed by atoms with Crippen LogP contribution in [0.4, 0.5) is 0 Å². The molecule has 1 heterocycles. The number of benzene rings is 1. The van der Waals surface area contributed by atoms with Crippen LogP contribution in [0.5, 0.6) is 0 Å². The molecule has 2 aliphatic rings. The third kappa shape index (κ3) is 4.70. The number of carbonyl (C=O) groups excluding carboxylic acids is 2. The molecule has 0 unspecified atom stereocenters. The molecule has 148 valence electrons. The molecule has 0 bridgehead atoms. The first kappa shape index (κ1) is 19.9. The number of nitrogens with two attached hydrogens (primary N) is 1. The molecular weight excluding hydrogens is 338 g/mol. The van der Waals surface area contributed by atoms with Crippen LogP contribution in [-0.4, -0.2) is 54.3 Å². The van der Waals surface area contributed by atoms with Crippen molar-refractivity contribution in [1.29, 1.82) is 0 Å². The van der Waals surface area contributed by atoms with Crippen molar-refractivity contribution in [3.8, 4) is 0 Å². The molecule has 0 spiro atoms. The number of carbonyl (C=O) groups is 2. The lowest BCUT2D eigenvalue weighted by Crippen LogP contribution is -2.51. The van der Waals surface area contributed by atoms with Crippen molar-refractivity contribution in [1.82, 2.24) is 9.80 Å². The van der Waals surface area contributed by atoms with Gasteiger partial charge in [-0.25, -0.2) is 0 Å². The van der Waals surface area contributed by atoms with Gasteiger partial charge < -0.3 is 15.5 Å². The van der Waals surface area contributed by atoms with Crippen LogP contribution in [0.1, 0.15) is 61.4 Å². The number of nitrogens with zero attached hydrogens (tertiary/aromatic N) is 2. The highest BCUT2D eigenvalue weighted by Gasteiger charge is 2.35. The topological polar surface area (TPSA) is 66.6 Å². The number of hydrogen-bond acceptors (Lipinski definition) is 3. The number of rotatable bonds is 5. The Hall–Kier alpha value is -1.88. The molecule has 0 atom stereocenters. The van der Waals surface area contributed by atoms with E-state index in [9.17, 15) is 9.59 Å². The molecule has 2 fully saturated rings. The average Bonchev–Trinajstić information content (AvgIpc) is 2.74. The number of piperazine rings is 1. The smallest absolute Gasteiger partial charge is 0.253 e.